The Morgan fingerprint density at radius 1 is 1.58 bits per heavy atom. The number of hydrogen-bond donors (Lipinski definition) is 2. The van der Waals surface area contributed by atoms with Crippen LogP contribution >= 0.6 is 11.6 Å². The van der Waals surface area contributed by atoms with Gasteiger partial charge in [-0.05, 0) is 25.7 Å². The van der Waals surface area contributed by atoms with Gasteiger partial charge in [0, 0.05) is 18.0 Å². The molecule has 1 fully saturated rings. The Morgan fingerprint density at radius 2 is 2.42 bits per heavy atom. The van der Waals surface area contributed by atoms with Crippen LogP contribution in [0.2, 0.25) is 0 Å². The molecule has 2 atom stereocenters. The van der Waals surface area contributed by atoms with Crippen molar-refractivity contribution in [3.05, 3.63) is 22.4 Å². The molecule has 0 radical (unpaired) electrons. The molecule has 6 nitrogen and oxygen atoms in total. The zero-order valence-corrected chi connectivity index (χ0v) is 11.4. The van der Waals surface area contributed by atoms with Crippen molar-refractivity contribution < 1.29 is 0 Å². The molecular formula is C12H16ClN5O. The fraction of sp³-hybridized carbons (Fsp3) is 0.583. The summed E-state index contributed by atoms with van der Waals surface area (Å²) in [6.07, 6.45) is 3.44. The summed E-state index contributed by atoms with van der Waals surface area (Å²) in [5, 5.41) is 9.92. The minimum absolute atomic E-state index is 0.255. The van der Waals surface area contributed by atoms with Crippen molar-refractivity contribution in [2.75, 3.05) is 11.9 Å². The van der Waals surface area contributed by atoms with Crippen molar-refractivity contribution in [1.29, 1.82) is 0 Å². The summed E-state index contributed by atoms with van der Waals surface area (Å²) in [5.41, 5.74) is 0.317. The standard InChI is InChI=1S/C12H16ClN5O/c1-7-15-10(5-11-16-17-12(19)18(7)11)14-6-8-3-2-4-9(8)13/h5,8-9,14H,2-4,6H2,1H3,(H,17,19). The van der Waals surface area contributed by atoms with Gasteiger partial charge >= 0.3 is 5.69 Å². The van der Waals surface area contributed by atoms with Crippen molar-refractivity contribution >= 4 is 23.1 Å². The maximum absolute atomic E-state index is 11.5. The van der Waals surface area contributed by atoms with E-state index < -0.39 is 0 Å². The van der Waals surface area contributed by atoms with E-state index in [9.17, 15) is 4.79 Å². The van der Waals surface area contributed by atoms with E-state index in [1.165, 1.54) is 10.8 Å². The molecule has 19 heavy (non-hydrogen) atoms. The second-order valence-corrected chi connectivity index (χ2v) is 5.56. The Hall–Kier alpha value is -1.56. The number of halogens is 1. The van der Waals surface area contributed by atoms with E-state index in [2.05, 4.69) is 20.5 Å². The van der Waals surface area contributed by atoms with E-state index in [4.69, 9.17) is 11.6 Å². The van der Waals surface area contributed by atoms with Crippen LogP contribution in [0.4, 0.5) is 5.82 Å². The maximum Gasteiger partial charge on any atom is 0.349 e. The van der Waals surface area contributed by atoms with Crippen LogP contribution in [0.1, 0.15) is 25.1 Å². The van der Waals surface area contributed by atoms with E-state index in [1.807, 2.05) is 0 Å². The van der Waals surface area contributed by atoms with Gasteiger partial charge in [0.05, 0.1) is 0 Å². The summed E-state index contributed by atoms with van der Waals surface area (Å²) >= 11 is 6.25. The molecule has 0 amide bonds. The average Bonchev–Trinajstić information content (AvgIpc) is 2.94. The fourth-order valence-corrected chi connectivity index (χ4v) is 3.01. The molecule has 0 spiro atoms. The minimum atomic E-state index is -0.261. The highest BCUT2D eigenvalue weighted by Gasteiger charge is 2.25. The number of nitrogens with zero attached hydrogens (tertiary/aromatic N) is 3. The number of fused-ring (bicyclic) bond motifs is 1. The number of alkyl halides is 1. The first kappa shape index (κ1) is 12.5. The van der Waals surface area contributed by atoms with Crippen LogP contribution in [-0.2, 0) is 0 Å². The SMILES string of the molecule is Cc1nc(NCC2CCCC2Cl)cc2n[nH]c(=O)n12. The predicted molar refractivity (Wildman–Crippen MR) is 73.8 cm³/mol. The molecule has 1 aliphatic carbocycles. The van der Waals surface area contributed by atoms with Gasteiger partial charge in [0.15, 0.2) is 5.65 Å². The topological polar surface area (TPSA) is 75.1 Å². The van der Waals surface area contributed by atoms with Gasteiger partial charge in [0.1, 0.15) is 11.6 Å². The molecule has 0 saturated heterocycles. The first-order chi connectivity index (χ1) is 9.15. The van der Waals surface area contributed by atoms with Crippen molar-refractivity contribution in [3.63, 3.8) is 0 Å². The molecule has 2 aromatic rings. The summed E-state index contributed by atoms with van der Waals surface area (Å²) in [6, 6.07) is 1.77. The lowest BCUT2D eigenvalue weighted by molar-refractivity contribution is 0.585. The largest absolute Gasteiger partial charge is 0.370 e. The van der Waals surface area contributed by atoms with Crippen LogP contribution in [0.15, 0.2) is 10.9 Å². The number of anilines is 1. The third-order valence-electron chi connectivity index (χ3n) is 3.68. The normalized spacial score (nSPS) is 23.1. The van der Waals surface area contributed by atoms with E-state index in [0.29, 0.717) is 17.4 Å². The van der Waals surface area contributed by atoms with E-state index in [0.717, 1.165) is 25.2 Å². The number of nitrogens with one attached hydrogen (secondary N) is 2. The molecule has 7 heteroatoms. The summed E-state index contributed by atoms with van der Waals surface area (Å²) in [5.74, 6) is 1.84. The molecule has 0 aromatic carbocycles. The van der Waals surface area contributed by atoms with Crippen LogP contribution in [0.25, 0.3) is 5.65 Å². The van der Waals surface area contributed by atoms with Gasteiger partial charge in [-0.15, -0.1) is 11.6 Å². The van der Waals surface area contributed by atoms with Gasteiger partial charge in [0.25, 0.3) is 0 Å². The van der Waals surface area contributed by atoms with Gasteiger partial charge in [0.2, 0.25) is 0 Å². The van der Waals surface area contributed by atoms with E-state index >= 15 is 0 Å². The fourth-order valence-electron chi connectivity index (χ4n) is 2.65. The molecule has 2 aromatic heterocycles. The van der Waals surface area contributed by atoms with Gasteiger partial charge in [-0.1, -0.05) is 6.42 Å². The van der Waals surface area contributed by atoms with Gasteiger partial charge in [-0.2, -0.15) is 5.10 Å². The first-order valence-corrected chi connectivity index (χ1v) is 6.91. The van der Waals surface area contributed by atoms with E-state index in [-0.39, 0.29) is 11.1 Å². The number of aromatic nitrogens is 4. The van der Waals surface area contributed by atoms with Gasteiger partial charge in [-0.3, -0.25) is 0 Å². The Labute approximate surface area is 115 Å². The summed E-state index contributed by atoms with van der Waals surface area (Å²) < 4.78 is 1.45. The molecule has 0 aliphatic heterocycles. The summed E-state index contributed by atoms with van der Waals surface area (Å²) in [6.45, 7) is 2.60. The van der Waals surface area contributed by atoms with Crippen molar-refractivity contribution in [2.45, 2.75) is 31.6 Å². The number of hydrogen-bond acceptors (Lipinski definition) is 4. The second-order valence-electron chi connectivity index (χ2n) is 5.00. The Kier molecular flexibility index (Phi) is 3.18. The van der Waals surface area contributed by atoms with Crippen molar-refractivity contribution in [2.24, 2.45) is 5.92 Å². The van der Waals surface area contributed by atoms with Crippen LogP contribution in [0.5, 0.6) is 0 Å². The zero-order valence-electron chi connectivity index (χ0n) is 10.7. The molecule has 1 saturated carbocycles. The Balaban J connectivity index is 1.80. The summed E-state index contributed by atoms with van der Waals surface area (Å²) in [4.78, 5) is 15.9. The lowest BCUT2D eigenvalue weighted by Gasteiger charge is -2.15. The minimum Gasteiger partial charge on any atom is -0.370 e. The van der Waals surface area contributed by atoms with Crippen LogP contribution in [-0.4, -0.2) is 31.5 Å². The van der Waals surface area contributed by atoms with Crippen molar-refractivity contribution in [1.82, 2.24) is 19.6 Å². The summed E-state index contributed by atoms with van der Waals surface area (Å²) in [7, 11) is 0. The van der Waals surface area contributed by atoms with Crippen LogP contribution < -0.4 is 11.0 Å². The van der Waals surface area contributed by atoms with Crippen LogP contribution in [0, 0.1) is 12.8 Å². The third-order valence-corrected chi connectivity index (χ3v) is 4.26. The van der Waals surface area contributed by atoms with Crippen LogP contribution in [0.3, 0.4) is 0 Å². The third kappa shape index (κ3) is 2.32. The molecule has 2 N–H and O–H groups in total. The molecular weight excluding hydrogens is 266 g/mol. The maximum atomic E-state index is 11.5. The number of aryl methyl sites for hydroxylation is 1. The molecule has 2 heterocycles. The number of H-pyrrole nitrogens is 1. The Morgan fingerprint density at radius 3 is 3.16 bits per heavy atom. The highest BCUT2D eigenvalue weighted by molar-refractivity contribution is 6.20. The Bertz CT molecular complexity index is 649. The predicted octanol–water partition coefficient (Wildman–Crippen LogP) is 1.55. The highest BCUT2D eigenvalue weighted by atomic mass is 35.5. The first-order valence-electron chi connectivity index (χ1n) is 6.48. The molecule has 2 unspecified atom stereocenters. The van der Waals surface area contributed by atoms with Crippen molar-refractivity contribution in [3.8, 4) is 0 Å². The second kappa shape index (κ2) is 4.85. The highest BCUT2D eigenvalue weighted by Crippen LogP contribution is 2.30. The number of rotatable bonds is 3. The van der Waals surface area contributed by atoms with Gasteiger partial charge < -0.3 is 5.32 Å². The smallest absolute Gasteiger partial charge is 0.349 e. The lowest BCUT2D eigenvalue weighted by atomic mass is 10.1. The van der Waals surface area contributed by atoms with E-state index in [1.54, 1.807) is 13.0 Å². The monoisotopic (exact) mass is 281 g/mol. The average molecular weight is 282 g/mol. The van der Waals surface area contributed by atoms with Gasteiger partial charge in [-0.25, -0.2) is 19.3 Å². The lowest BCUT2D eigenvalue weighted by Crippen LogP contribution is -2.20. The molecule has 0 bridgehead atoms. The molecule has 1 aliphatic rings. The quantitative estimate of drug-likeness (QED) is 0.837. The zero-order chi connectivity index (χ0) is 13.4. The molecule has 3 rings (SSSR count). The molecule has 102 valence electrons. The number of aromatic amines is 1.